The summed E-state index contributed by atoms with van der Waals surface area (Å²) in [5, 5.41) is 0.846. The molecule has 3 heteroatoms. The summed E-state index contributed by atoms with van der Waals surface area (Å²) in [5.74, 6) is 3.75. The van der Waals surface area contributed by atoms with Crippen molar-refractivity contribution in [2.45, 2.75) is 31.0 Å². The van der Waals surface area contributed by atoms with Crippen LogP contribution in [-0.2, 0) is 5.33 Å². The molecule has 1 aromatic rings. The van der Waals surface area contributed by atoms with Gasteiger partial charge in [0.15, 0.2) is 0 Å². The standard InChI is InChI=1S/C15H18Br2O/c16-8-12-2-1-3-14(17)15(12)18-9-13-7-10-4-5-11(13)6-10/h1-3,10-11,13H,4-9H2. The Bertz CT molecular complexity index is 433. The first-order valence-electron chi connectivity index (χ1n) is 6.74. The molecule has 3 atom stereocenters. The summed E-state index contributed by atoms with van der Waals surface area (Å²) in [4.78, 5) is 0. The van der Waals surface area contributed by atoms with E-state index in [1.54, 1.807) is 0 Å². The van der Waals surface area contributed by atoms with Crippen LogP contribution in [0.2, 0.25) is 0 Å². The summed E-state index contributed by atoms with van der Waals surface area (Å²) in [5.41, 5.74) is 1.23. The lowest BCUT2D eigenvalue weighted by Gasteiger charge is -2.22. The summed E-state index contributed by atoms with van der Waals surface area (Å²) in [6.45, 7) is 0.893. The van der Waals surface area contributed by atoms with Crippen molar-refractivity contribution in [2.24, 2.45) is 17.8 Å². The maximum atomic E-state index is 6.12. The number of hydrogen-bond acceptors (Lipinski definition) is 1. The third-order valence-corrected chi connectivity index (χ3v) is 5.75. The van der Waals surface area contributed by atoms with E-state index in [-0.39, 0.29) is 0 Å². The van der Waals surface area contributed by atoms with Crippen molar-refractivity contribution in [3.8, 4) is 5.75 Å². The number of halogens is 2. The van der Waals surface area contributed by atoms with E-state index in [1.807, 2.05) is 0 Å². The number of fused-ring (bicyclic) bond motifs is 2. The highest BCUT2D eigenvalue weighted by Crippen LogP contribution is 2.48. The van der Waals surface area contributed by atoms with Gasteiger partial charge in [-0.25, -0.2) is 0 Å². The molecule has 2 bridgehead atoms. The SMILES string of the molecule is BrCc1cccc(Br)c1OCC1CC2CCC1C2. The quantitative estimate of drug-likeness (QED) is 0.662. The molecule has 1 nitrogen and oxygen atoms in total. The smallest absolute Gasteiger partial charge is 0.137 e. The molecule has 2 fully saturated rings. The van der Waals surface area contributed by atoms with Crippen molar-refractivity contribution in [3.05, 3.63) is 28.2 Å². The van der Waals surface area contributed by atoms with E-state index < -0.39 is 0 Å². The molecule has 0 N–H and O–H groups in total. The van der Waals surface area contributed by atoms with Gasteiger partial charge in [-0.3, -0.25) is 0 Å². The zero-order valence-electron chi connectivity index (χ0n) is 10.4. The Morgan fingerprint density at radius 3 is 2.78 bits per heavy atom. The second-order valence-electron chi connectivity index (χ2n) is 5.61. The molecular formula is C15H18Br2O. The molecule has 0 amide bonds. The van der Waals surface area contributed by atoms with Gasteiger partial charge in [-0.2, -0.15) is 0 Å². The van der Waals surface area contributed by atoms with Crippen LogP contribution in [0.15, 0.2) is 22.7 Å². The zero-order valence-corrected chi connectivity index (χ0v) is 13.5. The Morgan fingerprint density at radius 2 is 2.11 bits per heavy atom. The van der Waals surface area contributed by atoms with Crippen LogP contribution in [0.25, 0.3) is 0 Å². The molecule has 2 aliphatic rings. The Hall–Kier alpha value is -0.0200. The third-order valence-electron chi connectivity index (χ3n) is 4.52. The van der Waals surface area contributed by atoms with E-state index in [9.17, 15) is 0 Å². The number of para-hydroxylation sites is 1. The molecule has 3 unspecified atom stereocenters. The van der Waals surface area contributed by atoms with Crippen LogP contribution < -0.4 is 4.74 Å². The van der Waals surface area contributed by atoms with Crippen LogP contribution in [-0.4, -0.2) is 6.61 Å². The fourth-order valence-corrected chi connectivity index (χ4v) is 4.55. The molecule has 0 spiro atoms. The van der Waals surface area contributed by atoms with Gasteiger partial charge < -0.3 is 4.74 Å². The number of ether oxygens (including phenoxy) is 1. The topological polar surface area (TPSA) is 9.23 Å². The zero-order chi connectivity index (χ0) is 12.5. The van der Waals surface area contributed by atoms with E-state index in [1.165, 1.54) is 31.2 Å². The maximum absolute atomic E-state index is 6.12. The van der Waals surface area contributed by atoms with Crippen LogP contribution in [0.3, 0.4) is 0 Å². The van der Waals surface area contributed by atoms with E-state index >= 15 is 0 Å². The van der Waals surface area contributed by atoms with Gasteiger partial charge in [-0.1, -0.05) is 34.5 Å². The molecule has 2 aliphatic carbocycles. The average Bonchev–Trinajstić information content (AvgIpc) is 2.99. The molecule has 18 heavy (non-hydrogen) atoms. The molecule has 0 saturated heterocycles. The van der Waals surface area contributed by atoms with Crippen molar-refractivity contribution in [3.63, 3.8) is 0 Å². The first-order valence-corrected chi connectivity index (χ1v) is 8.65. The summed E-state index contributed by atoms with van der Waals surface area (Å²) < 4.78 is 7.19. The largest absolute Gasteiger partial charge is 0.492 e. The molecule has 0 heterocycles. The maximum Gasteiger partial charge on any atom is 0.137 e. The minimum Gasteiger partial charge on any atom is -0.492 e. The van der Waals surface area contributed by atoms with Gasteiger partial charge in [0, 0.05) is 10.9 Å². The molecular weight excluding hydrogens is 356 g/mol. The van der Waals surface area contributed by atoms with Gasteiger partial charge >= 0.3 is 0 Å². The van der Waals surface area contributed by atoms with E-state index in [2.05, 4.69) is 50.1 Å². The Balaban J connectivity index is 1.66. The Morgan fingerprint density at radius 1 is 1.22 bits per heavy atom. The number of rotatable bonds is 4. The molecule has 1 aromatic carbocycles. The lowest BCUT2D eigenvalue weighted by molar-refractivity contribution is 0.193. The third kappa shape index (κ3) is 2.49. The monoisotopic (exact) mass is 372 g/mol. The molecule has 3 rings (SSSR count). The normalized spacial score (nSPS) is 29.8. The number of alkyl halides is 1. The predicted molar refractivity (Wildman–Crippen MR) is 81.2 cm³/mol. The number of hydrogen-bond donors (Lipinski definition) is 0. The Labute approximate surface area is 126 Å². The fraction of sp³-hybridized carbons (Fsp3) is 0.600. The minimum atomic E-state index is 0.791. The van der Waals surface area contributed by atoms with Gasteiger partial charge in [0.25, 0.3) is 0 Å². The van der Waals surface area contributed by atoms with Crippen LogP contribution in [0.1, 0.15) is 31.2 Å². The summed E-state index contributed by atoms with van der Waals surface area (Å²) in [7, 11) is 0. The lowest BCUT2D eigenvalue weighted by atomic mass is 9.89. The summed E-state index contributed by atoms with van der Waals surface area (Å²) in [6, 6.07) is 6.24. The first-order chi connectivity index (χ1) is 8.78. The minimum absolute atomic E-state index is 0.791. The molecule has 98 valence electrons. The van der Waals surface area contributed by atoms with Crippen LogP contribution >= 0.6 is 31.9 Å². The van der Waals surface area contributed by atoms with Crippen molar-refractivity contribution in [1.82, 2.24) is 0 Å². The van der Waals surface area contributed by atoms with Gasteiger partial charge in [0.1, 0.15) is 5.75 Å². The van der Waals surface area contributed by atoms with E-state index in [0.29, 0.717) is 0 Å². The van der Waals surface area contributed by atoms with Crippen LogP contribution in [0.4, 0.5) is 0 Å². The Kier molecular flexibility index (Phi) is 4.00. The van der Waals surface area contributed by atoms with Gasteiger partial charge in [0.2, 0.25) is 0 Å². The van der Waals surface area contributed by atoms with Crippen molar-refractivity contribution < 1.29 is 4.74 Å². The predicted octanol–water partition coefficient (Wildman–Crippen LogP) is 5.16. The summed E-state index contributed by atoms with van der Waals surface area (Å²) >= 11 is 7.12. The van der Waals surface area contributed by atoms with Crippen molar-refractivity contribution in [2.75, 3.05) is 6.61 Å². The van der Waals surface area contributed by atoms with Crippen LogP contribution in [0, 0.1) is 17.8 Å². The van der Waals surface area contributed by atoms with Gasteiger partial charge in [-0.05, 0) is 59.0 Å². The highest BCUT2D eigenvalue weighted by atomic mass is 79.9. The average molecular weight is 374 g/mol. The highest BCUT2D eigenvalue weighted by molar-refractivity contribution is 9.10. The lowest BCUT2D eigenvalue weighted by Crippen LogP contribution is -2.19. The van der Waals surface area contributed by atoms with Crippen LogP contribution in [0.5, 0.6) is 5.75 Å². The van der Waals surface area contributed by atoms with Crippen molar-refractivity contribution >= 4 is 31.9 Å². The second-order valence-corrected chi connectivity index (χ2v) is 7.02. The first kappa shape index (κ1) is 13.0. The van der Waals surface area contributed by atoms with E-state index in [4.69, 9.17) is 4.74 Å². The second kappa shape index (κ2) is 5.54. The van der Waals surface area contributed by atoms with E-state index in [0.717, 1.165) is 39.9 Å². The fourth-order valence-electron chi connectivity index (χ4n) is 3.59. The van der Waals surface area contributed by atoms with Gasteiger partial charge in [0.05, 0.1) is 11.1 Å². The highest BCUT2D eigenvalue weighted by Gasteiger charge is 2.39. The molecule has 2 saturated carbocycles. The van der Waals surface area contributed by atoms with Gasteiger partial charge in [-0.15, -0.1) is 0 Å². The molecule has 0 aliphatic heterocycles. The van der Waals surface area contributed by atoms with Crippen molar-refractivity contribution in [1.29, 1.82) is 0 Å². The molecule has 0 radical (unpaired) electrons. The number of benzene rings is 1. The molecule has 0 aromatic heterocycles. The summed E-state index contributed by atoms with van der Waals surface area (Å²) in [6.07, 6.45) is 5.73.